The number of para-hydroxylation sites is 1. The molecule has 5 nitrogen and oxygen atoms in total. The molecule has 2 rings (SSSR count). The van der Waals surface area contributed by atoms with Crippen LogP contribution in [0, 0.1) is 0 Å². The van der Waals surface area contributed by atoms with Crippen molar-refractivity contribution in [3.63, 3.8) is 0 Å². The highest BCUT2D eigenvalue weighted by atomic mass is 16.5. The molecule has 0 saturated carbocycles. The van der Waals surface area contributed by atoms with E-state index in [1.807, 2.05) is 6.07 Å². The third-order valence-electron chi connectivity index (χ3n) is 3.53. The largest absolute Gasteiger partial charge is 0.383 e. The van der Waals surface area contributed by atoms with Gasteiger partial charge in [-0.2, -0.15) is 0 Å². The van der Waals surface area contributed by atoms with Gasteiger partial charge in [0.2, 0.25) is 0 Å². The molecule has 1 aromatic carbocycles. The molecule has 5 heteroatoms. The molecule has 0 bridgehead atoms. The summed E-state index contributed by atoms with van der Waals surface area (Å²) in [6, 6.07) is 8.34. The Hall–Kier alpha value is -2.14. The summed E-state index contributed by atoms with van der Waals surface area (Å²) in [5, 5.41) is 6.66. The zero-order chi connectivity index (χ0) is 15.8. The van der Waals surface area contributed by atoms with Crippen molar-refractivity contribution in [1.82, 2.24) is 9.97 Å². The molecular formula is C17H24N4O. The van der Waals surface area contributed by atoms with Crippen molar-refractivity contribution in [2.24, 2.45) is 0 Å². The normalized spacial score (nSPS) is 10.5. The molecule has 0 aliphatic carbocycles. The highest BCUT2D eigenvalue weighted by molar-refractivity contribution is 5.66. The van der Waals surface area contributed by atoms with Gasteiger partial charge in [0.15, 0.2) is 0 Å². The topological polar surface area (TPSA) is 59.1 Å². The molecule has 0 atom stereocenters. The summed E-state index contributed by atoms with van der Waals surface area (Å²) in [5.74, 6) is 1.59. The van der Waals surface area contributed by atoms with Crippen molar-refractivity contribution in [3.8, 4) is 0 Å². The summed E-state index contributed by atoms with van der Waals surface area (Å²) in [7, 11) is 1.68. The molecule has 2 N–H and O–H groups in total. The Morgan fingerprint density at radius 1 is 1.05 bits per heavy atom. The van der Waals surface area contributed by atoms with Crippen LogP contribution >= 0.6 is 0 Å². The lowest BCUT2D eigenvalue weighted by atomic mass is 10.0. The van der Waals surface area contributed by atoms with Crippen LogP contribution in [-0.4, -0.2) is 30.2 Å². The molecule has 0 radical (unpaired) electrons. The molecule has 0 amide bonds. The summed E-state index contributed by atoms with van der Waals surface area (Å²) in [6.45, 7) is 5.69. The number of hydrogen-bond acceptors (Lipinski definition) is 5. The monoisotopic (exact) mass is 300 g/mol. The van der Waals surface area contributed by atoms with Crippen molar-refractivity contribution >= 4 is 17.3 Å². The molecule has 0 aliphatic heterocycles. The minimum atomic E-state index is 0.644. The molecule has 2 aromatic rings. The van der Waals surface area contributed by atoms with E-state index in [4.69, 9.17) is 4.74 Å². The lowest BCUT2D eigenvalue weighted by molar-refractivity contribution is 0.210. The van der Waals surface area contributed by atoms with E-state index in [1.54, 1.807) is 13.4 Å². The molecule has 0 fully saturated rings. The number of nitrogens with zero attached hydrogens (tertiary/aromatic N) is 2. The fourth-order valence-corrected chi connectivity index (χ4v) is 2.33. The number of hydrogen-bond donors (Lipinski definition) is 2. The second kappa shape index (κ2) is 8.34. The predicted molar refractivity (Wildman–Crippen MR) is 90.9 cm³/mol. The Morgan fingerprint density at radius 3 is 2.36 bits per heavy atom. The maximum atomic E-state index is 5.03. The predicted octanol–water partition coefficient (Wildman–Crippen LogP) is 3.40. The summed E-state index contributed by atoms with van der Waals surface area (Å²) in [6.07, 6.45) is 3.54. The number of methoxy groups -OCH3 is 1. The van der Waals surface area contributed by atoms with Gasteiger partial charge in [-0.3, -0.25) is 0 Å². The van der Waals surface area contributed by atoms with Gasteiger partial charge in [-0.25, -0.2) is 9.97 Å². The van der Waals surface area contributed by atoms with E-state index in [0.717, 1.165) is 36.7 Å². The number of aryl methyl sites for hydroxylation is 2. The van der Waals surface area contributed by atoms with Crippen molar-refractivity contribution in [3.05, 3.63) is 41.7 Å². The fourth-order valence-electron chi connectivity index (χ4n) is 2.33. The first-order chi connectivity index (χ1) is 10.8. The van der Waals surface area contributed by atoms with Gasteiger partial charge in [0, 0.05) is 25.4 Å². The maximum Gasteiger partial charge on any atom is 0.135 e. The van der Waals surface area contributed by atoms with Crippen molar-refractivity contribution in [1.29, 1.82) is 0 Å². The first-order valence-electron chi connectivity index (χ1n) is 7.71. The molecule has 0 saturated heterocycles. The van der Waals surface area contributed by atoms with Crippen molar-refractivity contribution < 1.29 is 4.74 Å². The zero-order valence-electron chi connectivity index (χ0n) is 13.5. The SMILES string of the molecule is CCc1cccc(CC)c1Nc1cc(NCCOC)ncn1. The van der Waals surface area contributed by atoms with Crippen LogP contribution < -0.4 is 10.6 Å². The number of rotatable bonds is 8. The van der Waals surface area contributed by atoms with Gasteiger partial charge in [0.05, 0.1) is 6.61 Å². The van der Waals surface area contributed by atoms with Crippen LogP contribution in [0.4, 0.5) is 17.3 Å². The second-order valence-corrected chi connectivity index (χ2v) is 4.99. The second-order valence-electron chi connectivity index (χ2n) is 4.99. The van der Waals surface area contributed by atoms with Gasteiger partial charge in [-0.1, -0.05) is 32.0 Å². The molecule has 118 valence electrons. The van der Waals surface area contributed by atoms with E-state index < -0.39 is 0 Å². The quantitative estimate of drug-likeness (QED) is 0.732. The number of ether oxygens (including phenoxy) is 1. The van der Waals surface area contributed by atoms with E-state index in [2.05, 4.69) is 52.6 Å². The van der Waals surface area contributed by atoms with Crippen molar-refractivity contribution in [2.45, 2.75) is 26.7 Å². The summed E-state index contributed by atoms with van der Waals surface area (Å²) in [5.41, 5.74) is 3.76. The van der Waals surface area contributed by atoms with Gasteiger partial charge < -0.3 is 15.4 Å². The Labute approximate surface area is 132 Å². The maximum absolute atomic E-state index is 5.03. The Kier molecular flexibility index (Phi) is 6.15. The molecule has 1 heterocycles. The third kappa shape index (κ3) is 4.18. The fraction of sp³-hybridized carbons (Fsp3) is 0.412. The summed E-state index contributed by atoms with van der Waals surface area (Å²) < 4.78 is 5.03. The lowest BCUT2D eigenvalue weighted by Crippen LogP contribution is -2.09. The highest BCUT2D eigenvalue weighted by Crippen LogP contribution is 2.26. The van der Waals surface area contributed by atoms with Gasteiger partial charge in [0.1, 0.15) is 18.0 Å². The third-order valence-corrected chi connectivity index (χ3v) is 3.53. The average Bonchev–Trinajstić information content (AvgIpc) is 2.55. The van der Waals surface area contributed by atoms with E-state index in [-0.39, 0.29) is 0 Å². The van der Waals surface area contributed by atoms with Crippen LogP contribution in [0.15, 0.2) is 30.6 Å². The van der Waals surface area contributed by atoms with Crippen molar-refractivity contribution in [2.75, 3.05) is 30.9 Å². The van der Waals surface area contributed by atoms with Gasteiger partial charge in [-0.15, -0.1) is 0 Å². The van der Waals surface area contributed by atoms with E-state index in [1.165, 1.54) is 11.1 Å². The molecule has 0 aliphatic rings. The molecule has 22 heavy (non-hydrogen) atoms. The number of nitrogens with one attached hydrogen (secondary N) is 2. The van der Waals surface area contributed by atoms with Crippen LogP contribution in [0.2, 0.25) is 0 Å². The lowest BCUT2D eigenvalue weighted by Gasteiger charge is -2.15. The van der Waals surface area contributed by atoms with Crippen LogP contribution in [0.5, 0.6) is 0 Å². The minimum absolute atomic E-state index is 0.644. The zero-order valence-corrected chi connectivity index (χ0v) is 13.5. The molecule has 0 spiro atoms. The standard InChI is InChI=1S/C17H24N4O/c1-4-13-7-6-8-14(5-2)17(13)21-16-11-15(19-12-20-16)18-9-10-22-3/h6-8,11-12H,4-5,9-10H2,1-3H3,(H2,18,19,20,21). The van der Waals surface area contributed by atoms with Gasteiger partial charge in [-0.05, 0) is 24.0 Å². The Morgan fingerprint density at radius 2 is 1.73 bits per heavy atom. The van der Waals surface area contributed by atoms with Crippen LogP contribution in [0.1, 0.15) is 25.0 Å². The summed E-state index contributed by atoms with van der Waals surface area (Å²) >= 11 is 0. The average molecular weight is 300 g/mol. The Balaban J connectivity index is 2.18. The van der Waals surface area contributed by atoms with E-state index >= 15 is 0 Å². The van der Waals surface area contributed by atoms with E-state index in [9.17, 15) is 0 Å². The molecule has 1 aromatic heterocycles. The first kappa shape index (κ1) is 16.2. The smallest absolute Gasteiger partial charge is 0.135 e. The first-order valence-corrected chi connectivity index (χ1v) is 7.71. The molecule has 0 unspecified atom stereocenters. The number of benzene rings is 1. The number of aromatic nitrogens is 2. The number of anilines is 3. The molecular weight excluding hydrogens is 276 g/mol. The summed E-state index contributed by atoms with van der Waals surface area (Å²) in [4.78, 5) is 8.54. The van der Waals surface area contributed by atoms with Crippen LogP contribution in [-0.2, 0) is 17.6 Å². The van der Waals surface area contributed by atoms with Crippen LogP contribution in [0.25, 0.3) is 0 Å². The highest BCUT2D eigenvalue weighted by Gasteiger charge is 2.07. The minimum Gasteiger partial charge on any atom is -0.383 e. The van der Waals surface area contributed by atoms with E-state index in [0.29, 0.717) is 6.61 Å². The van der Waals surface area contributed by atoms with Gasteiger partial charge in [0.25, 0.3) is 0 Å². The van der Waals surface area contributed by atoms with Crippen LogP contribution in [0.3, 0.4) is 0 Å². The van der Waals surface area contributed by atoms with Gasteiger partial charge >= 0.3 is 0 Å². The Bertz CT molecular complexity index is 579.